The number of benzene rings is 3. The summed E-state index contributed by atoms with van der Waals surface area (Å²) in [7, 11) is -3.89. The lowest BCUT2D eigenvalue weighted by molar-refractivity contribution is -0.118. The van der Waals surface area contributed by atoms with Crippen LogP contribution < -0.4 is 14.8 Å². The number of rotatable bonds is 7. The number of anilines is 2. The summed E-state index contributed by atoms with van der Waals surface area (Å²) in [5.74, 6) is -0.826. The number of carbonyl (C=O) groups is 1. The zero-order chi connectivity index (χ0) is 22.7. The van der Waals surface area contributed by atoms with E-state index in [-0.39, 0.29) is 27.4 Å². The highest BCUT2D eigenvalue weighted by atomic mass is 35.5. The van der Waals surface area contributed by atoms with Crippen molar-refractivity contribution < 1.29 is 22.3 Å². The van der Waals surface area contributed by atoms with Crippen molar-refractivity contribution in [3.63, 3.8) is 0 Å². The molecule has 164 valence electrons. The summed E-state index contributed by atoms with van der Waals surface area (Å²) in [6.07, 6.45) is 1.50. The molecule has 1 heterocycles. The molecule has 0 fully saturated rings. The molecule has 1 amide bonds. The molecule has 3 aromatic carbocycles. The Bertz CT molecular complexity index is 1400. The molecule has 4 aromatic rings. The van der Waals surface area contributed by atoms with Crippen LogP contribution in [0.2, 0.25) is 5.02 Å². The standard InChI is InChI=1S/C21H15ClFN3O4S2/c22-16-11-13(5-6-17(16)23)30-12-20(27)25-18-7-8-19(15-4-2-1-3-14(15)18)32(28,29)26-21-24-9-10-31-21/h1-11H,12H2,(H,24,26)(H,25,27). The van der Waals surface area contributed by atoms with Crippen LogP contribution in [0.25, 0.3) is 10.8 Å². The lowest BCUT2D eigenvalue weighted by Crippen LogP contribution is -2.20. The summed E-state index contributed by atoms with van der Waals surface area (Å²) in [6.45, 7) is -0.345. The maximum absolute atomic E-state index is 13.2. The van der Waals surface area contributed by atoms with Gasteiger partial charge in [0.2, 0.25) is 0 Å². The van der Waals surface area contributed by atoms with Gasteiger partial charge in [0, 0.05) is 34.1 Å². The van der Waals surface area contributed by atoms with E-state index in [2.05, 4.69) is 15.0 Å². The number of hydrogen-bond donors (Lipinski definition) is 2. The number of amides is 1. The van der Waals surface area contributed by atoms with Gasteiger partial charge in [-0.25, -0.2) is 17.8 Å². The third-order valence-corrected chi connectivity index (χ3v) is 6.87. The van der Waals surface area contributed by atoms with Gasteiger partial charge < -0.3 is 10.1 Å². The SMILES string of the molecule is O=C(COc1ccc(F)c(Cl)c1)Nc1ccc(S(=O)(=O)Nc2nccs2)c2ccccc12. The highest BCUT2D eigenvalue weighted by Crippen LogP contribution is 2.31. The first kappa shape index (κ1) is 22.0. The average molecular weight is 492 g/mol. The number of nitrogens with one attached hydrogen (secondary N) is 2. The fourth-order valence-corrected chi connectivity index (χ4v) is 5.13. The molecule has 0 saturated heterocycles. The number of carbonyl (C=O) groups excluding carboxylic acids is 1. The summed E-state index contributed by atoms with van der Waals surface area (Å²) in [4.78, 5) is 16.4. The second kappa shape index (κ2) is 9.11. The van der Waals surface area contributed by atoms with E-state index in [1.165, 1.54) is 41.8 Å². The number of halogens is 2. The van der Waals surface area contributed by atoms with Crippen molar-refractivity contribution in [3.05, 3.63) is 77.0 Å². The Balaban J connectivity index is 1.55. The molecule has 4 rings (SSSR count). The minimum Gasteiger partial charge on any atom is -0.484 e. The van der Waals surface area contributed by atoms with E-state index in [4.69, 9.17) is 16.3 Å². The van der Waals surface area contributed by atoms with Crippen molar-refractivity contribution in [3.8, 4) is 5.75 Å². The predicted molar refractivity (Wildman–Crippen MR) is 122 cm³/mol. The van der Waals surface area contributed by atoms with Crippen molar-refractivity contribution in [2.45, 2.75) is 4.90 Å². The lowest BCUT2D eigenvalue weighted by Gasteiger charge is -2.13. The largest absolute Gasteiger partial charge is 0.484 e. The monoisotopic (exact) mass is 491 g/mol. The van der Waals surface area contributed by atoms with E-state index in [9.17, 15) is 17.6 Å². The first-order valence-electron chi connectivity index (χ1n) is 9.15. The predicted octanol–water partition coefficient (Wildman–Crippen LogP) is 4.91. The molecule has 0 unspecified atom stereocenters. The van der Waals surface area contributed by atoms with Gasteiger partial charge in [-0.3, -0.25) is 9.52 Å². The van der Waals surface area contributed by atoms with Crippen molar-refractivity contribution >= 4 is 60.5 Å². The fourth-order valence-electron chi connectivity index (χ4n) is 2.96. The Labute approximate surface area is 191 Å². The molecule has 0 aliphatic rings. The third-order valence-electron chi connectivity index (χ3n) is 4.36. The number of sulfonamides is 1. The molecule has 11 heteroatoms. The summed E-state index contributed by atoms with van der Waals surface area (Å²) >= 11 is 6.87. The second-order valence-corrected chi connectivity index (χ2v) is 9.46. The van der Waals surface area contributed by atoms with E-state index < -0.39 is 21.7 Å². The van der Waals surface area contributed by atoms with Gasteiger partial charge in [-0.2, -0.15) is 0 Å². The Hall–Kier alpha value is -3.21. The molecule has 0 saturated carbocycles. The van der Waals surface area contributed by atoms with Crippen LogP contribution in [0, 0.1) is 5.82 Å². The van der Waals surface area contributed by atoms with E-state index in [0.29, 0.717) is 16.5 Å². The van der Waals surface area contributed by atoms with Gasteiger partial charge in [0.05, 0.1) is 9.92 Å². The maximum Gasteiger partial charge on any atom is 0.264 e. The highest BCUT2D eigenvalue weighted by Gasteiger charge is 2.20. The van der Waals surface area contributed by atoms with Crippen LogP contribution in [0.3, 0.4) is 0 Å². The average Bonchev–Trinajstić information content (AvgIpc) is 3.27. The van der Waals surface area contributed by atoms with Gasteiger partial charge in [-0.05, 0) is 24.3 Å². The summed E-state index contributed by atoms with van der Waals surface area (Å²) in [5, 5.41) is 5.48. The fraction of sp³-hybridized carbons (Fsp3) is 0.0476. The number of nitrogens with zero attached hydrogens (tertiary/aromatic N) is 1. The molecule has 0 aliphatic heterocycles. The smallest absolute Gasteiger partial charge is 0.264 e. The number of fused-ring (bicyclic) bond motifs is 1. The topological polar surface area (TPSA) is 97.4 Å². The zero-order valence-corrected chi connectivity index (χ0v) is 18.6. The molecule has 0 aliphatic carbocycles. The number of ether oxygens (including phenoxy) is 1. The number of hydrogen-bond acceptors (Lipinski definition) is 6. The molecular formula is C21H15ClFN3O4S2. The van der Waals surface area contributed by atoms with Crippen molar-refractivity contribution in [1.82, 2.24) is 4.98 Å². The zero-order valence-electron chi connectivity index (χ0n) is 16.2. The van der Waals surface area contributed by atoms with Gasteiger partial charge in [0.15, 0.2) is 11.7 Å². The van der Waals surface area contributed by atoms with Crippen molar-refractivity contribution in [2.24, 2.45) is 0 Å². The van der Waals surface area contributed by atoms with Crippen molar-refractivity contribution in [2.75, 3.05) is 16.6 Å². The first-order valence-corrected chi connectivity index (χ1v) is 11.9. The minimum absolute atomic E-state index is 0.0542. The molecule has 0 bridgehead atoms. The molecule has 32 heavy (non-hydrogen) atoms. The summed E-state index contributed by atoms with van der Waals surface area (Å²) in [6, 6.07) is 13.5. The Kier molecular flexibility index (Phi) is 6.26. The normalized spacial score (nSPS) is 11.3. The van der Waals surface area contributed by atoms with Crippen molar-refractivity contribution in [1.29, 1.82) is 0 Å². The van der Waals surface area contributed by atoms with E-state index in [0.717, 1.165) is 6.07 Å². The summed E-state index contributed by atoms with van der Waals surface area (Å²) < 4.78 is 46.8. The molecule has 7 nitrogen and oxygen atoms in total. The second-order valence-electron chi connectivity index (χ2n) is 6.51. The lowest BCUT2D eigenvalue weighted by atomic mass is 10.1. The minimum atomic E-state index is -3.89. The van der Waals surface area contributed by atoms with Crippen LogP contribution in [0.4, 0.5) is 15.2 Å². The van der Waals surface area contributed by atoms with Gasteiger partial charge >= 0.3 is 0 Å². The van der Waals surface area contributed by atoms with E-state index in [1.807, 2.05) is 0 Å². The third kappa shape index (κ3) is 4.82. The van der Waals surface area contributed by atoms with Crippen LogP contribution in [0.5, 0.6) is 5.75 Å². The molecule has 1 aromatic heterocycles. The van der Waals surface area contributed by atoms with Crippen LogP contribution in [0.15, 0.2) is 71.1 Å². The molecule has 0 spiro atoms. The Morgan fingerprint density at radius 2 is 1.91 bits per heavy atom. The first-order chi connectivity index (χ1) is 15.3. The van der Waals surface area contributed by atoms with Gasteiger partial charge in [0.1, 0.15) is 11.6 Å². The van der Waals surface area contributed by atoms with Gasteiger partial charge in [0.25, 0.3) is 15.9 Å². The highest BCUT2D eigenvalue weighted by molar-refractivity contribution is 7.93. The van der Waals surface area contributed by atoms with Crippen LogP contribution in [-0.4, -0.2) is 25.9 Å². The van der Waals surface area contributed by atoms with Gasteiger partial charge in [-0.1, -0.05) is 35.9 Å². The van der Waals surface area contributed by atoms with E-state index >= 15 is 0 Å². The van der Waals surface area contributed by atoms with E-state index in [1.54, 1.807) is 29.6 Å². The maximum atomic E-state index is 13.2. The van der Waals surface area contributed by atoms with Crippen LogP contribution in [-0.2, 0) is 14.8 Å². The quantitative estimate of drug-likeness (QED) is 0.383. The molecule has 0 radical (unpaired) electrons. The number of aromatic nitrogens is 1. The molecule has 0 atom stereocenters. The summed E-state index contributed by atoms with van der Waals surface area (Å²) in [5.41, 5.74) is 0.416. The Morgan fingerprint density at radius 3 is 2.62 bits per heavy atom. The Morgan fingerprint density at radius 1 is 1.12 bits per heavy atom. The number of thiazole rings is 1. The van der Waals surface area contributed by atoms with Crippen LogP contribution in [0.1, 0.15) is 0 Å². The molecule has 2 N–H and O–H groups in total. The molecular weight excluding hydrogens is 477 g/mol. The van der Waals surface area contributed by atoms with Crippen LogP contribution >= 0.6 is 22.9 Å². The van der Waals surface area contributed by atoms with Gasteiger partial charge in [-0.15, -0.1) is 11.3 Å².